The second-order valence-electron chi connectivity index (χ2n) is 9.44. The Morgan fingerprint density at radius 1 is 0.750 bits per heavy atom. The standard InChI is InChI=1S/C28H20N4O11S2.3Na/c33-23-13-20(44(38,39)40)11-15-9-18(5-7-21(15)23)29-28(37)30-19-6-8-22-16(10-19)12-24(45(41,42)43)25(26(22)34)32-31-17-3-1-14(2-4-17)27(35)36;;;/h1-13,31,33H,(H,35,36)(H2,29,30,37)(H,38,39,40)(H,41,42,43);;;/q;3*+1/p-3/b32-25-;;;. The van der Waals surface area contributed by atoms with Crippen LogP contribution in [-0.2, 0) is 20.2 Å². The summed E-state index contributed by atoms with van der Waals surface area (Å²) in [5, 5.41) is 30.1. The molecular weight excluding hydrogens is 701 g/mol. The van der Waals surface area contributed by atoms with Gasteiger partial charge in [-0.05, 0) is 83.3 Å². The predicted octanol–water partition coefficient (Wildman–Crippen LogP) is -6.98. The zero-order valence-corrected chi connectivity index (χ0v) is 32.9. The number of allylic oxidation sites excluding steroid dienone is 1. The number of urea groups is 1. The smallest absolute Gasteiger partial charge is 0.744 e. The van der Waals surface area contributed by atoms with Crippen LogP contribution < -0.4 is 110 Å². The number of carboxylic acid groups (broad SMARTS) is 1. The molecule has 0 heterocycles. The Hall–Kier alpha value is -2.62. The van der Waals surface area contributed by atoms with Gasteiger partial charge < -0.3 is 34.7 Å². The molecule has 4 aromatic carbocycles. The van der Waals surface area contributed by atoms with Crippen LogP contribution in [0, 0.1) is 0 Å². The van der Waals surface area contributed by atoms with E-state index in [9.17, 15) is 50.5 Å². The SMILES string of the molecule is O=C(Nc1ccc2c(c1)C=C(S(=O)(=O)[O-])/C(=N/Nc1ccc(C(=O)[O-])cc1)C2=O)Nc1ccc2c(O)cc(S(=O)(=O)[O-])cc2c1.[Na+].[Na+].[Na+]. The Morgan fingerprint density at radius 3 is 1.92 bits per heavy atom. The first-order chi connectivity index (χ1) is 21.1. The average Bonchev–Trinajstić information content (AvgIpc) is 2.95. The van der Waals surface area contributed by atoms with Crippen molar-refractivity contribution < 1.29 is 139 Å². The van der Waals surface area contributed by atoms with Gasteiger partial charge in [0.1, 0.15) is 31.7 Å². The number of carbonyl (C=O) groups excluding carboxylic acids is 3. The number of anilines is 3. The number of carboxylic acids is 1. The molecule has 48 heavy (non-hydrogen) atoms. The number of aromatic hydroxyl groups is 1. The zero-order chi connectivity index (χ0) is 32.7. The summed E-state index contributed by atoms with van der Waals surface area (Å²) in [6, 6.07) is 13.9. The number of benzene rings is 4. The van der Waals surface area contributed by atoms with Gasteiger partial charge in [-0.25, -0.2) is 21.6 Å². The van der Waals surface area contributed by atoms with E-state index in [0.29, 0.717) is 0 Å². The van der Waals surface area contributed by atoms with Crippen LogP contribution in [0.15, 0.2) is 87.7 Å². The van der Waals surface area contributed by atoms with Gasteiger partial charge in [-0.2, -0.15) is 5.10 Å². The Labute approximate surface area is 339 Å². The molecule has 1 aliphatic carbocycles. The summed E-state index contributed by atoms with van der Waals surface area (Å²) < 4.78 is 70.3. The van der Waals surface area contributed by atoms with E-state index in [2.05, 4.69) is 21.2 Å². The van der Waals surface area contributed by atoms with E-state index in [-0.39, 0.29) is 133 Å². The van der Waals surface area contributed by atoms with E-state index in [0.717, 1.165) is 18.2 Å². The van der Waals surface area contributed by atoms with Gasteiger partial charge >= 0.3 is 94.7 Å². The molecular formula is C28H17N4Na3O11S2. The van der Waals surface area contributed by atoms with E-state index in [1.165, 1.54) is 60.7 Å². The third-order valence-electron chi connectivity index (χ3n) is 6.43. The number of phenolic OH excluding ortho intramolecular Hbond substituents is 1. The molecule has 0 saturated heterocycles. The van der Waals surface area contributed by atoms with Crippen LogP contribution in [0.3, 0.4) is 0 Å². The number of hydrogen-bond acceptors (Lipinski definition) is 13. The molecule has 20 heteroatoms. The number of hydrazone groups is 1. The summed E-state index contributed by atoms with van der Waals surface area (Å²) in [6.45, 7) is 0. The Balaban J connectivity index is 0.00000267. The molecule has 0 aromatic heterocycles. The summed E-state index contributed by atoms with van der Waals surface area (Å²) in [4.78, 5) is 35.1. The molecule has 5 rings (SSSR count). The Morgan fingerprint density at radius 2 is 1.33 bits per heavy atom. The molecule has 0 spiro atoms. The minimum atomic E-state index is -5.22. The van der Waals surface area contributed by atoms with Crippen LogP contribution in [0.25, 0.3) is 16.8 Å². The van der Waals surface area contributed by atoms with Crippen molar-refractivity contribution >= 4 is 77.6 Å². The summed E-state index contributed by atoms with van der Waals surface area (Å²) in [7, 11) is -10.1. The van der Waals surface area contributed by atoms with Gasteiger partial charge in [0.2, 0.25) is 5.78 Å². The minimum absolute atomic E-state index is 0. The van der Waals surface area contributed by atoms with Gasteiger partial charge in [0.25, 0.3) is 0 Å². The van der Waals surface area contributed by atoms with Crippen molar-refractivity contribution in [1.82, 2.24) is 0 Å². The van der Waals surface area contributed by atoms with E-state index >= 15 is 0 Å². The summed E-state index contributed by atoms with van der Waals surface area (Å²) in [5.74, 6) is -2.80. The van der Waals surface area contributed by atoms with Crippen molar-refractivity contribution in [2.75, 3.05) is 16.1 Å². The monoisotopic (exact) mass is 718 g/mol. The summed E-state index contributed by atoms with van der Waals surface area (Å²) >= 11 is 0. The first kappa shape index (κ1) is 41.6. The molecule has 0 atom stereocenters. The average molecular weight is 719 g/mol. The number of phenols is 1. The van der Waals surface area contributed by atoms with Gasteiger partial charge in [-0.3, -0.25) is 10.2 Å². The van der Waals surface area contributed by atoms with Crippen LogP contribution in [-0.4, -0.2) is 54.5 Å². The van der Waals surface area contributed by atoms with Crippen molar-refractivity contribution in [3.8, 4) is 5.75 Å². The fourth-order valence-electron chi connectivity index (χ4n) is 4.35. The van der Waals surface area contributed by atoms with Crippen LogP contribution in [0.4, 0.5) is 21.9 Å². The topological polar surface area (TPSA) is 257 Å². The van der Waals surface area contributed by atoms with Crippen LogP contribution in [0.1, 0.15) is 26.3 Å². The molecule has 230 valence electrons. The normalized spacial score (nSPS) is 13.2. The fourth-order valence-corrected chi connectivity index (χ4v) is 5.53. The first-order valence-electron chi connectivity index (χ1n) is 12.4. The number of ketones is 1. The number of hydrogen-bond donors (Lipinski definition) is 4. The quantitative estimate of drug-likeness (QED) is 0.0790. The molecule has 0 saturated carbocycles. The predicted molar refractivity (Wildman–Crippen MR) is 156 cm³/mol. The third kappa shape index (κ3) is 9.54. The maximum Gasteiger partial charge on any atom is 1.00 e. The van der Waals surface area contributed by atoms with E-state index in [1.54, 1.807) is 0 Å². The van der Waals surface area contributed by atoms with Crippen LogP contribution in [0.2, 0.25) is 0 Å². The second-order valence-corrected chi connectivity index (χ2v) is 12.2. The molecule has 0 radical (unpaired) electrons. The fraction of sp³-hybridized carbons (Fsp3) is 0. The third-order valence-corrected chi connectivity index (χ3v) is 8.09. The minimum Gasteiger partial charge on any atom is -0.744 e. The van der Waals surface area contributed by atoms with Crippen molar-refractivity contribution in [3.05, 3.63) is 94.4 Å². The number of carbonyl (C=O) groups is 3. The molecule has 0 aliphatic heterocycles. The van der Waals surface area contributed by atoms with Crippen molar-refractivity contribution in [2.45, 2.75) is 4.90 Å². The largest absolute Gasteiger partial charge is 1.00 e. The maximum atomic E-state index is 13.2. The number of aromatic carboxylic acids is 1. The van der Waals surface area contributed by atoms with Gasteiger partial charge in [0, 0.05) is 22.3 Å². The molecule has 2 amide bonds. The Bertz CT molecular complexity index is 2230. The number of amides is 2. The number of nitrogens with one attached hydrogen (secondary N) is 3. The second kappa shape index (κ2) is 16.4. The molecule has 15 nitrogen and oxygen atoms in total. The van der Waals surface area contributed by atoms with Gasteiger partial charge in [-0.15, -0.1) is 0 Å². The van der Waals surface area contributed by atoms with E-state index < -0.39 is 59.3 Å². The maximum absolute atomic E-state index is 13.2. The molecule has 0 unspecified atom stereocenters. The molecule has 0 fully saturated rings. The van der Waals surface area contributed by atoms with Crippen LogP contribution in [0.5, 0.6) is 5.75 Å². The van der Waals surface area contributed by atoms with Gasteiger partial charge in [0.05, 0.1) is 21.5 Å². The molecule has 4 aromatic rings. The number of rotatable bonds is 7. The molecule has 1 aliphatic rings. The molecule has 4 N–H and O–H groups in total. The number of Topliss-reactive ketones (excluding diaryl/α,β-unsaturated/α-hetero) is 1. The number of nitrogens with zero attached hydrogens (tertiary/aromatic N) is 1. The van der Waals surface area contributed by atoms with Gasteiger partial charge in [-0.1, -0.05) is 12.1 Å². The first-order valence-corrected chi connectivity index (χ1v) is 15.2. The van der Waals surface area contributed by atoms with Crippen molar-refractivity contribution in [1.29, 1.82) is 0 Å². The summed E-state index contributed by atoms with van der Waals surface area (Å²) in [5.41, 5.74) is 1.92. The van der Waals surface area contributed by atoms with E-state index in [4.69, 9.17) is 0 Å². The summed E-state index contributed by atoms with van der Waals surface area (Å²) in [6.07, 6.45) is 0.916. The van der Waals surface area contributed by atoms with E-state index in [1.807, 2.05) is 0 Å². The molecule has 0 bridgehead atoms. The van der Waals surface area contributed by atoms with Crippen molar-refractivity contribution in [2.24, 2.45) is 5.10 Å². The number of fused-ring (bicyclic) bond motifs is 2. The van der Waals surface area contributed by atoms with Gasteiger partial charge in [0.15, 0.2) is 0 Å². The van der Waals surface area contributed by atoms with Crippen LogP contribution >= 0.6 is 0 Å². The zero-order valence-electron chi connectivity index (χ0n) is 25.3. The van der Waals surface area contributed by atoms with Crippen molar-refractivity contribution in [3.63, 3.8) is 0 Å². The Kier molecular flexibility index (Phi) is 14.2.